The lowest BCUT2D eigenvalue weighted by atomic mass is 10.0. The molecule has 1 rings (SSSR count). The number of hydrogen-bond acceptors (Lipinski definition) is 1. The molecule has 16 heavy (non-hydrogen) atoms. The van der Waals surface area contributed by atoms with Gasteiger partial charge in [-0.15, -0.1) is 11.8 Å². The lowest BCUT2D eigenvalue weighted by Gasteiger charge is -2.12. The minimum Gasteiger partial charge on any atom is -0.324 e. The van der Waals surface area contributed by atoms with E-state index < -0.39 is 23.5 Å². The Kier molecular flexibility index (Phi) is 4.39. The van der Waals surface area contributed by atoms with Gasteiger partial charge in [0.15, 0.2) is 0 Å². The Labute approximate surface area is 92.5 Å². The van der Waals surface area contributed by atoms with Crippen molar-refractivity contribution in [3.63, 3.8) is 0 Å². The van der Waals surface area contributed by atoms with Crippen LogP contribution >= 0.6 is 0 Å². The molecule has 0 heterocycles. The fraction of sp³-hybridized carbons (Fsp3) is 0.333. The van der Waals surface area contributed by atoms with Gasteiger partial charge in [0.05, 0.1) is 0 Å². The third-order valence-corrected chi connectivity index (χ3v) is 2.17. The third kappa shape index (κ3) is 3.01. The summed E-state index contributed by atoms with van der Waals surface area (Å²) in [7, 11) is 0. The highest BCUT2D eigenvalue weighted by Crippen LogP contribution is 2.23. The second-order valence-corrected chi connectivity index (χ2v) is 3.36. The van der Waals surface area contributed by atoms with Crippen LogP contribution in [0.3, 0.4) is 0 Å². The Bertz CT molecular complexity index is 409. The van der Waals surface area contributed by atoms with Gasteiger partial charge in [-0.05, 0) is 13.3 Å². The molecule has 0 aliphatic heterocycles. The number of benzene rings is 1. The lowest BCUT2D eigenvalue weighted by Crippen LogP contribution is -2.14. The summed E-state index contributed by atoms with van der Waals surface area (Å²) >= 11 is 0. The summed E-state index contributed by atoms with van der Waals surface area (Å²) < 4.78 is 39.2. The Morgan fingerprint density at radius 2 is 1.81 bits per heavy atom. The van der Waals surface area contributed by atoms with Gasteiger partial charge in [0, 0.05) is 30.2 Å². The van der Waals surface area contributed by atoms with Gasteiger partial charge in [0.25, 0.3) is 0 Å². The van der Waals surface area contributed by atoms with Gasteiger partial charge in [0.2, 0.25) is 0 Å². The predicted molar refractivity (Wildman–Crippen MR) is 55.9 cm³/mol. The standard InChI is InChI=1S/C12H12F3N/c1-2-3-4-5-11(16)12-9(14)6-8(13)7-10(12)15/h6-7,11H,4-5,16H2,1H3. The maximum Gasteiger partial charge on any atom is 0.133 e. The molecule has 0 saturated heterocycles. The molecule has 1 aromatic rings. The molecule has 0 bridgehead atoms. The Morgan fingerprint density at radius 1 is 1.25 bits per heavy atom. The molecule has 1 nitrogen and oxygen atoms in total. The average Bonchev–Trinajstić information content (AvgIpc) is 2.16. The maximum absolute atomic E-state index is 13.3. The van der Waals surface area contributed by atoms with Crippen LogP contribution < -0.4 is 5.73 Å². The van der Waals surface area contributed by atoms with E-state index in [0.29, 0.717) is 25.0 Å². The minimum atomic E-state index is -0.950. The molecule has 1 aromatic carbocycles. The van der Waals surface area contributed by atoms with Crippen molar-refractivity contribution in [2.24, 2.45) is 5.73 Å². The van der Waals surface area contributed by atoms with Crippen molar-refractivity contribution in [1.82, 2.24) is 0 Å². The van der Waals surface area contributed by atoms with Crippen molar-refractivity contribution >= 4 is 0 Å². The summed E-state index contributed by atoms with van der Waals surface area (Å²) in [5.74, 6) is 2.57. The highest BCUT2D eigenvalue weighted by atomic mass is 19.1. The molecular formula is C12H12F3N. The molecule has 0 amide bonds. The number of halogens is 3. The van der Waals surface area contributed by atoms with E-state index in [0.717, 1.165) is 0 Å². The molecule has 1 atom stereocenters. The van der Waals surface area contributed by atoms with E-state index in [2.05, 4.69) is 11.8 Å². The Hall–Kier alpha value is -1.47. The maximum atomic E-state index is 13.3. The van der Waals surface area contributed by atoms with E-state index in [4.69, 9.17) is 5.73 Å². The van der Waals surface area contributed by atoms with E-state index in [1.165, 1.54) is 0 Å². The van der Waals surface area contributed by atoms with Gasteiger partial charge in [-0.25, -0.2) is 13.2 Å². The molecular weight excluding hydrogens is 215 g/mol. The number of rotatable bonds is 3. The van der Waals surface area contributed by atoms with E-state index in [-0.39, 0.29) is 5.56 Å². The van der Waals surface area contributed by atoms with Crippen LogP contribution in [-0.4, -0.2) is 0 Å². The van der Waals surface area contributed by atoms with Crippen LogP contribution in [0.25, 0.3) is 0 Å². The summed E-state index contributed by atoms with van der Waals surface area (Å²) in [6.45, 7) is 1.67. The quantitative estimate of drug-likeness (QED) is 0.789. The highest BCUT2D eigenvalue weighted by molar-refractivity contribution is 5.24. The number of hydrogen-bond donors (Lipinski definition) is 1. The first-order valence-corrected chi connectivity index (χ1v) is 4.86. The zero-order valence-electron chi connectivity index (χ0n) is 8.86. The van der Waals surface area contributed by atoms with Crippen molar-refractivity contribution in [1.29, 1.82) is 0 Å². The lowest BCUT2D eigenvalue weighted by molar-refractivity contribution is 0.495. The van der Waals surface area contributed by atoms with Gasteiger partial charge in [-0.1, -0.05) is 0 Å². The summed E-state index contributed by atoms with van der Waals surface area (Å²) in [5, 5.41) is 0. The summed E-state index contributed by atoms with van der Waals surface area (Å²) in [6.07, 6.45) is 0.786. The first-order valence-electron chi connectivity index (χ1n) is 4.86. The van der Waals surface area contributed by atoms with Gasteiger partial charge in [-0.3, -0.25) is 0 Å². The largest absolute Gasteiger partial charge is 0.324 e. The summed E-state index contributed by atoms with van der Waals surface area (Å²) in [4.78, 5) is 0. The molecule has 0 spiro atoms. The van der Waals surface area contributed by atoms with Crippen LogP contribution in [0.2, 0.25) is 0 Å². The van der Waals surface area contributed by atoms with Crippen LogP contribution in [0.5, 0.6) is 0 Å². The zero-order valence-corrected chi connectivity index (χ0v) is 8.86. The molecule has 0 aromatic heterocycles. The first-order chi connectivity index (χ1) is 7.56. The van der Waals surface area contributed by atoms with Crippen LogP contribution in [-0.2, 0) is 0 Å². The van der Waals surface area contributed by atoms with Gasteiger partial charge < -0.3 is 5.73 Å². The fourth-order valence-corrected chi connectivity index (χ4v) is 1.40. The first kappa shape index (κ1) is 12.6. The van der Waals surface area contributed by atoms with E-state index in [9.17, 15) is 13.2 Å². The molecule has 0 aliphatic rings. The SMILES string of the molecule is CC#CCCC(N)c1c(F)cc(F)cc1F. The second kappa shape index (κ2) is 5.57. The normalized spacial score (nSPS) is 11.8. The smallest absolute Gasteiger partial charge is 0.133 e. The molecule has 86 valence electrons. The topological polar surface area (TPSA) is 26.0 Å². The van der Waals surface area contributed by atoms with Crippen LogP contribution in [0.15, 0.2) is 12.1 Å². The average molecular weight is 227 g/mol. The molecule has 1 unspecified atom stereocenters. The van der Waals surface area contributed by atoms with E-state index in [1.807, 2.05) is 0 Å². The monoisotopic (exact) mass is 227 g/mol. The van der Waals surface area contributed by atoms with Crippen molar-refractivity contribution in [3.8, 4) is 11.8 Å². The molecule has 4 heteroatoms. The molecule has 0 saturated carbocycles. The summed E-state index contributed by atoms with van der Waals surface area (Å²) in [5.41, 5.74) is 5.34. The minimum absolute atomic E-state index is 0.278. The summed E-state index contributed by atoms with van der Waals surface area (Å²) in [6, 6.07) is 0.453. The highest BCUT2D eigenvalue weighted by Gasteiger charge is 2.17. The number of nitrogens with two attached hydrogens (primary N) is 1. The molecule has 2 N–H and O–H groups in total. The van der Waals surface area contributed by atoms with Crippen molar-refractivity contribution < 1.29 is 13.2 Å². The molecule has 0 fully saturated rings. The van der Waals surface area contributed by atoms with Gasteiger partial charge >= 0.3 is 0 Å². The predicted octanol–water partition coefficient (Wildman–Crippen LogP) is 2.91. The van der Waals surface area contributed by atoms with E-state index >= 15 is 0 Å². The van der Waals surface area contributed by atoms with Crippen molar-refractivity contribution in [2.75, 3.05) is 0 Å². The third-order valence-electron chi connectivity index (χ3n) is 2.17. The van der Waals surface area contributed by atoms with Crippen LogP contribution in [0, 0.1) is 29.3 Å². The van der Waals surface area contributed by atoms with Crippen LogP contribution in [0.1, 0.15) is 31.4 Å². The second-order valence-electron chi connectivity index (χ2n) is 3.36. The Balaban J connectivity index is 2.89. The van der Waals surface area contributed by atoms with Gasteiger partial charge in [0.1, 0.15) is 17.5 Å². The van der Waals surface area contributed by atoms with Crippen molar-refractivity contribution in [3.05, 3.63) is 35.1 Å². The van der Waals surface area contributed by atoms with Crippen molar-refractivity contribution in [2.45, 2.75) is 25.8 Å². The zero-order chi connectivity index (χ0) is 12.1. The molecule has 0 radical (unpaired) electrons. The van der Waals surface area contributed by atoms with Crippen LogP contribution in [0.4, 0.5) is 13.2 Å². The van der Waals surface area contributed by atoms with Gasteiger partial charge in [-0.2, -0.15) is 0 Å². The fourth-order valence-electron chi connectivity index (χ4n) is 1.40. The Morgan fingerprint density at radius 3 is 2.31 bits per heavy atom. The van der Waals surface area contributed by atoms with E-state index in [1.54, 1.807) is 6.92 Å². The molecule has 0 aliphatic carbocycles.